The van der Waals surface area contributed by atoms with E-state index in [0.29, 0.717) is 6.04 Å². The third-order valence-corrected chi connectivity index (χ3v) is 3.69. The summed E-state index contributed by atoms with van der Waals surface area (Å²) >= 11 is 0. The third kappa shape index (κ3) is 6.72. The molecule has 1 fully saturated rings. The second-order valence-corrected chi connectivity index (χ2v) is 6.05. The normalized spacial score (nSPS) is 17.7. The van der Waals surface area contributed by atoms with E-state index in [1.54, 1.807) is 7.11 Å². The number of ether oxygens (including phenoxy) is 1. The molecule has 1 N–H and O–H groups in total. The van der Waals surface area contributed by atoms with Gasteiger partial charge in [0.05, 0.1) is 0 Å². The Morgan fingerprint density at radius 3 is 2.56 bits per heavy atom. The lowest BCUT2D eigenvalue weighted by Gasteiger charge is -2.30. The van der Waals surface area contributed by atoms with Crippen LogP contribution in [0.1, 0.15) is 46.5 Å². The predicted molar refractivity (Wildman–Crippen MR) is 78.0 cm³/mol. The van der Waals surface area contributed by atoms with Gasteiger partial charge in [0.15, 0.2) is 0 Å². The number of methoxy groups -OCH3 is 1. The van der Waals surface area contributed by atoms with E-state index in [4.69, 9.17) is 4.74 Å². The van der Waals surface area contributed by atoms with Crippen LogP contribution >= 0.6 is 0 Å². The van der Waals surface area contributed by atoms with Crippen molar-refractivity contribution in [1.82, 2.24) is 10.2 Å². The highest BCUT2D eigenvalue weighted by atomic mass is 16.5. The lowest BCUT2D eigenvalue weighted by molar-refractivity contribution is 0.177. The second kappa shape index (κ2) is 8.89. The summed E-state index contributed by atoms with van der Waals surface area (Å²) in [6, 6.07) is 1.54. The average molecular weight is 256 g/mol. The van der Waals surface area contributed by atoms with Crippen molar-refractivity contribution in [2.75, 3.05) is 33.4 Å². The van der Waals surface area contributed by atoms with Crippen LogP contribution in [0.5, 0.6) is 0 Å². The van der Waals surface area contributed by atoms with Crippen LogP contribution in [0.4, 0.5) is 0 Å². The van der Waals surface area contributed by atoms with E-state index in [1.165, 1.54) is 25.8 Å². The van der Waals surface area contributed by atoms with Crippen LogP contribution in [0.3, 0.4) is 0 Å². The van der Waals surface area contributed by atoms with Gasteiger partial charge in [-0.05, 0) is 51.6 Å². The van der Waals surface area contributed by atoms with Crippen molar-refractivity contribution < 1.29 is 4.74 Å². The highest BCUT2D eigenvalue weighted by molar-refractivity contribution is 4.88. The summed E-state index contributed by atoms with van der Waals surface area (Å²) in [6.45, 7) is 11.3. The zero-order valence-electron chi connectivity index (χ0n) is 12.7. The molecule has 0 aromatic carbocycles. The zero-order valence-corrected chi connectivity index (χ0v) is 12.7. The molecule has 0 radical (unpaired) electrons. The van der Waals surface area contributed by atoms with Crippen LogP contribution in [-0.2, 0) is 4.74 Å². The summed E-state index contributed by atoms with van der Waals surface area (Å²) in [5.74, 6) is 0.813. The number of nitrogens with one attached hydrogen (secondary N) is 1. The fourth-order valence-electron chi connectivity index (χ4n) is 2.35. The molecule has 1 rings (SSSR count). The summed E-state index contributed by atoms with van der Waals surface area (Å²) in [7, 11) is 1.77. The van der Waals surface area contributed by atoms with Crippen molar-refractivity contribution in [3.8, 4) is 0 Å². The molecule has 18 heavy (non-hydrogen) atoms. The molecule has 3 nitrogen and oxygen atoms in total. The molecule has 0 spiro atoms. The first-order valence-electron chi connectivity index (χ1n) is 7.60. The van der Waals surface area contributed by atoms with Crippen LogP contribution in [-0.4, -0.2) is 50.3 Å². The number of rotatable bonds is 11. The van der Waals surface area contributed by atoms with Gasteiger partial charge in [-0.15, -0.1) is 0 Å². The monoisotopic (exact) mass is 256 g/mol. The van der Waals surface area contributed by atoms with E-state index in [9.17, 15) is 0 Å². The Hall–Kier alpha value is -0.120. The molecule has 0 aromatic heterocycles. The molecule has 1 aliphatic rings. The molecule has 3 heteroatoms. The molecule has 108 valence electrons. The van der Waals surface area contributed by atoms with E-state index in [0.717, 1.165) is 38.1 Å². The first-order valence-corrected chi connectivity index (χ1v) is 7.60. The summed E-state index contributed by atoms with van der Waals surface area (Å²) < 4.78 is 5.06. The van der Waals surface area contributed by atoms with Gasteiger partial charge in [-0.2, -0.15) is 0 Å². The summed E-state index contributed by atoms with van der Waals surface area (Å²) in [5.41, 5.74) is 0. The Labute approximate surface area is 113 Å². The Balaban J connectivity index is 2.16. The molecule has 1 saturated carbocycles. The molecule has 0 amide bonds. The SMILES string of the molecule is COCCCNCC(C)N(CCC(C)C)C1CC1. The second-order valence-electron chi connectivity index (χ2n) is 6.05. The van der Waals surface area contributed by atoms with Gasteiger partial charge in [0.25, 0.3) is 0 Å². The van der Waals surface area contributed by atoms with Crippen LogP contribution in [0, 0.1) is 5.92 Å². The number of hydrogen-bond acceptors (Lipinski definition) is 3. The van der Waals surface area contributed by atoms with Gasteiger partial charge in [0, 0.05) is 32.3 Å². The van der Waals surface area contributed by atoms with Crippen molar-refractivity contribution >= 4 is 0 Å². The maximum atomic E-state index is 5.06. The van der Waals surface area contributed by atoms with E-state index < -0.39 is 0 Å². The minimum Gasteiger partial charge on any atom is -0.385 e. The van der Waals surface area contributed by atoms with E-state index in [-0.39, 0.29) is 0 Å². The van der Waals surface area contributed by atoms with Crippen LogP contribution in [0.15, 0.2) is 0 Å². The molecule has 1 aliphatic carbocycles. The van der Waals surface area contributed by atoms with Crippen molar-refractivity contribution in [2.45, 2.75) is 58.5 Å². The highest BCUT2D eigenvalue weighted by Crippen LogP contribution is 2.29. The quantitative estimate of drug-likeness (QED) is 0.575. The van der Waals surface area contributed by atoms with Gasteiger partial charge >= 0.3 is 0 Å². The maximum Gasteiger partial charge on any atom is 0.0474 e. The van der Waals surface area contributed by atoms with Gasteiger partial charge in [-0.3, -0.25) is 4.90 Å². The summed E-state index contributed by atoms with van der Waals surface area (Å²) in [4.78, 5) is 2.71. The fraction of sp³-hybridized carbons (Fsp3) is 1.00. The van der Waals surface area contributed by atoms with Crippen LogP contribution in [0.25, 0.3) is 0 Å². The smallest absolute Gasteiger partial charge is 0.0474 e. The standard InChI is InChI=1S/C15H32N2O/c1-13(2)8-10-17(15-6-7-15)14(3)12-16-9-5-11-18-4/h13-16H,5-12H2,1-4H3. The van der Waals surface area contributed by atoms with Crippen molar-refractivity contribution in [3.05, 3.63) is 0 Å². The Kier molecular flexibility index (Phi) is 7.87. The zero-order chi connectivity index (χ0) is 13.4. The topological polar surface area (TPSA) is 24.5 Å². The molecule has 0 heterocycles. The van der Waals surface area contributed by atoms with Crippen LogP contribution < -0.4 is 5.32 Å². The number of nitrogens with zero attached hydrogens (tertiary/aromatic N) is 1. The van der Waals surface area contributed by atoms with Crippen molar-refractivity contribution in [3.63, 3.8) is 0 Å². The summed E-state index contributed by atoms with van der Waals surface area (Å²) in [5, 5.41) is 3.55. The maximum absolute atomic E-state index is 5.06. The van der Waals surface area contributed by atoms with Gasteiger partial charge in [-0.25, -0.2) is 0 Å². The van der Waals surface area contributed by atoms with Crippen molar-refractivity contribution in [2.24, 2.45) is 5.92 Å². The third-order valence-electron chi connectivity index (χ3n) is 3.69. The van der Waals surface area contributed by atoms with Gasteiger partial charge in [-0.1, -0.05) is 13.8 Å². The minimum atomic E-state index is 0.666. The van der Waals surface area contributed by atoms with Gasteiger partial charge in [0.1, 0.15) is 0 Å². The van der Waals surface area contributed by atoms with E-state index in [1.807, 2.05) is 0 Å². The summed E-state index contributed by atoms with van der Waals surface area (Å²) in [6.07, 6.45) is 5.25. The lowest BCUT2D eigenvalue weighted by atomic mass is 10.1. The molecule has 1 unspecified atom stereocenters. The van der Waals surface area contributed by atoms with Gasteiger partial charge in [0.2, 0.25) is 0 Å². The first-order chi connectivity index (χ1) is 8.65. The Morgan fingerprint density at radius 1 is 1.28 bits per heavy atom. The molecule has 0 saturated heterocycles. The predicted octanol–water partition coefficient (Wildman–Crippen LogP) is 2.51. The van der Waals surface area contributed by atoms with E-state index >= 15 is 0 Å². The van der Waals surface area contributed by atoms with E-state index in [2.05, 4.69) is 31.0 Å². The minimum absolute atomic E-state index is 0.666. The van der Waals surface area contributed by atoms with Gasteiger partial charge < -0.3 is 10.1 Å². The molecule has 1 atom stereocenters. The average Bonchev–Trinajstić information content (AvgIpc) is 3.13. The molecule has 0 aliphatic heterocycles. The Bertz CT molecular complexity index is 205. The molecule has 0 bridgehead atoms. The van der Waals surface area contributed by atoms with Crippen LogP contribution in [0.2, 0.25) is 0 Å². The lowest BCUT2D eigenvalue weighted by Crippen LogP contribution is -2.42. The molecule has 0 aromatic rings. The molecular weight excluding hydrogens is 224 g/mol. The molecular formula is C15H32N2O. The largest absolute Gasteiger partial charge is 0.385 e. The number of hydrogen-bond donors (Lipinski definition) is 1. The Morgan fingerprint density at radius 2 is 2.00 bits per heavy atom. The van der Waals surface area contributed by atoms with Crippen molar-refractivity contribution in [1.29, 1.82) is 0 Å². The first kappa shape index (κ1) is 15.9. The fourth-order valence-corrected chi connectivity index (χ4v) is 2.35. The highest BCUT2D eigenvalue weighted by Gasteiger charge is 2.31.